The summed E-state index contributed by atoms with van der Waals surface area (Å²) in [5.41, 5.74) is 43.9. The van der Waals surface area contributed by atoms with Crippen LogP contribution in [0.5, 0.6) is 0 Å². The monoisotopic (exact) mass is 1120 g/mol. The van der Waals surface area contributed by atoms with Crippen molar-refractivity contribution >= 4 is 112 Å². The van der Waals surface area contributed by atoms with Gasteiger partial charge in [0.1, 0.15) is 0 Å². The summed E-state index contributed by atoms with van der Waals surface area (Å²) in [4.78, 5) is 0. The smallest absolute Gasteiger partial charge is 0.333 e. The highest BCUT2D eigenvalue weighted by Gasteiger charge is 2.47. The van der Waals surface area contributed by atoms with Crippen LogP contribution in [0, 0.1) is 55.4 Å². The van der Waals surface area contributed by atoms with E-state index in [1.54, 1.807) is 0 Å². The van der Waals surface area contributed by atoms with Gasteiger partial charge in [-0.3, -0.25) is 0 Å². The molecule has 8 heterocycles. The first-order chi connectivity index (χ1) is 42.9. The molecule has 12 aromatic carbocycles. The molecule has 0 saturated heterocycles. The Morgan fingerprint density at radius 1 is 0.250 bits per heavy atom. The molecule has 0 fully saturated rings. The number of aromatic nitrogens is 4. The third kappa shape index (κ3) is 6.08. The fraction of sp³-hybridized carbons (Fsp3) is 0.0976. The van der Waals surface area contributed by atoms with E-state index in [0.29, 0.717) is 0 Å². The second-order valence-corrected chi connectivity index (χ2v) is 26.4. The highest BCUT2D eigenvalue weighted by atomic mass is 15.1. The van der Waals surface area contributed by atoms with Crippen molar-refractivity contribution in [3.63, 3.8) is 0 Å². The van der Waals surface area contributed by atoms with Gasteiger partial charge in [0, 0.05) is 65.9 Å². The molecule has 20 rings (SSSR count). The van der Waals surface area contributed by atoms with E-state index >= 15 is 0 Å². The summed E-state index contributed by atoms with van der Waals surface area (Å²) in [6.45, 7) is 17.6. The van der Waals surface area contributed by atoms with E-state index in [1.807, 2.05) is 0 Å². The minimum Gasteiger partial charge on any atom is -0.374 e. The third-order valence-corrected chi connectivity index (χ3v) is 21.2. The maximum absolute atomic E-state index is 2.84. The number of hydrogen-bond acceptors (Lipinski definition) is 0. The Hall–Kier alpha value is -10.3. The van der Waals surface area contributed by atoms with Gasteiger partial charge in [-0.1, -0.05) is 192 Å². The van der Waals surface area contributed by atoms with Crippen LogP contribution in [-0.2, 0) is 0 Å². The average molecular weight is 1120 g/mol. The van der Waals surface area contributed by atoms with E-state index in [9.17, 15) is 0 Å². The third-order valence-electron chi connectivity index (χ3n) is 21.2. The van der Waals surface area contributed by atoms with Crippen molar-refractivity contribution in [2.24, 2.45) is 0 Å². The van der Waals surface area contributed by atoms with Gasteiger partial charge in [-0.15, -0.1) is 0 Å². The molecule has 0 aliphatic carbocycles. The molecule has 4 aliphatic rings. The number of fused-ring (bicyclic) bond motifs is 21. The Bertz CT molecular complexity index is 5630. The molecule has 0 amide bonds. The molecule has 4 aromatic heterocycles. The summed E-state index contributed by atoms with van der Waals surface area (Å²) in [6.07, 6.45) is 0. The Kier molecular flexibility index (Phi) is 9.34. The molecule has 0 unspecified atom stereocenters. The Morgan fingerprint density at radius 3 is 0.977 bits per heavy atom. The first-order valence-electron chi connectivity index (χ1n) is 31.4. The van der Waals surface area contributed by atoms with Gasteiger partial charge in [-0.2, -0.15) is 0 Å². The molecule has 0 saturated carbocycles. The van der Waals surface area contributed by atoms with E-state index in [2.05, 4.69) is 280 Å². The molecule has 0 spiro atoms. The second kappa shape index (κ2) is 16.8. The number of aryl methyl sites for hydroxylation is 8. The lowest BCUT2D eigenvalue weighted by atomic mass is 9.45. The molecule has 0 radical (unpaired) electrons. The van der Waals surface area contributed by atoms with Gasteiger partial charge in [-0.25, -0.2) is 0 Å². The predicted octanol–water partition coefficient (Wildman–Crippen LogP) is 18.0. The predicted molar refractivity (Wildman–Crippen MR) is 375 cm³/mol. The van der Waals surface area contributed by atoms with Gasteiger partial charge >= 0.3 is 13.7 Å². The molecule has 16 aromatic rings. The SMILES string of the molecule is Cc1ccc(-c2ccc3c(c2)B2c4c(ccc5c6cc(-c7ccc(C)cc7C)ccc6n-3c45)-c3cccc4c3n2c2c3cccc5c3n(c42)B2c3cc(-c4ccc(C)cc4C)ccc3-n3c4ccc(-c6ccc(C)cc6C)cc4c4ccc-5c2c43)c(C)c1. The molecular weight excluding hydrogens is 1060 g/mol. The molecule has 412 valence electrons. The lowest BCUT2D eigenvalue weighted by Gasteiger charge is -2.34. The van der Waals surface area contributed by atoms with Crippen LogP contribution in [0.25, 0.3) is 155 Å². The van der Waals surface area contributed by atoms with Crippen molar-refractivity contribution in [1.29, 1.82) is 0 Å². The van der Waals surface area contributed by atoms with E-state index in [-0.39, 0.29) is 13.7 Å². The van der Waals surface area contributed by atoms with Crippen LogP contribution < -0.4 is 21.9 Å². The molecule has 4 aliphatic heterocycles. The van der Waals surface area contributed by atoms with E-state index in [1.165, 1.54) is 221 Å². The molecule has 0 atom stereocenters. The van der Waals surface area contributed by atoms with Crippen molar-refractivity contribution in [2.45, 2.75) is 55.4 Å². The molecule has 4 nitrogen and oxygen atoms in total. The second-order valence-electron chi connectivity index (χ2n) is 26.4. The maximum Gasteiger partial charge on any atom is 0.333 e. The molecule has 6 heteroatoms. The van der Waals surface area contributed by atoms with Crippen LogP contribution in [0.1, 0.15) is 44.5 Å². The summed E-state index contributed by atoms with van der Waals surface area (Å²) in [5, 5.41) is 7.75. The Morgan fingerprint density at radius 2 is 0.602 bits per heavy atom. The molecule has 88 heavy (non-hydrogen) atoms. The van der Waals surface area contributed by atoms with E-state index in [0.717, 1.165) is 0 Å². The number of nitrogens with zero attached hydrogens (tertiary/aromatic N) is 4. The molecule has 0 N–H and O–H groups in total. The van der Waals surface area contributed by atoms with Gasteiger partial charge in [0.05, 0.1) is 33.1 Å². The van der Waals surface area contributed by atoms with Gasteiger partial charge in [0.15, 0.2) is 0 Å². The fourth-order valence-electron chi connectivity index (χ4n) is 17.7. The van der Waals surface area contributed by atoms with Gasteiger partial charge in [0.2, 0.25) is 0 Å². The van der Waals surface area contributed by atoms with Crippen molar-refractivity contribution < 1.29 is 0 Å². The highest BCUT2D eigenvalue weighted by molar-refractivity contribution is 6.92. The lowest BCUT2D eigenvalue weighted by Crippen LogP contribution is -2.55. The van der Waals surface area contributed by atoms with Gasteiger partial charge < -0.3 is 18.1 Å². The highest BCUT2D eigenvalue weighted by Crippen LogP contribution is 2.51. The summed E-state index contributed by atoms with van der Waals surface area (Å²) >= 11 is 0. The van der Waals surface area contributed by atoms with Crippen molar-refractivity contribution in [1.82, 2.24) is 18.1 Å². The molecule has 0 bridgehead atoms. The van der Waals surface area contributed by atoms with Gasteiger partial charge in [0.25, 0.3) is 0 Å². The van der Waals surface area contributed by atoms with Gasteiger partial charge in [-0.05, 0) is 192 Å². The Balaban J connectivity index is 0.912. The van der Waals surface area contributed by atoms with Crippen LogP contribution in [-0.4, -0.2) is 31.8 Å². The van der Waals surface area contributed by atoms with E-state index in [4.69, 9.17) is 0 Å². The fourth-order valence-corrected chi connectivity index (χ4v) is 17.7. The summed E-state index contributed by atoms with van der Waals surface area (Å²) in [7, 11) is 0. The summed E-state index contributed by atoms with van der Waals surface area (Å²) < 4.78 is 10.9. The number of rotatable bonds is 4. The number of para-hydroxylation sites is 2. The van der Waals surface area contributed by atoms with Crippen LogP contribution in [0.4, 0.5) is 0 Å². The lowest BCUT2D eigenvalue weighted by molar-refractivity contribution is 1.18. The largest absolute Gasteiger partial charge is 0.374 e. The standard InChI is InChI=1S/C82H58B2N4/c1-43-15-23-55(47(5)35-43)51-19-31-71-67(39-51)63-29-27-59-61-11-9-13-65-77(61)87(83-69-41-53(57-25-17-45(3)37-49(57)7)21-33-73(69)85(71)79(63)75(59)83)81-66-14-10-12-62-60-28-30-64-68-40-52(56-24-16-44(2)36-48(56)6)20-32-72(68)86-74-34-22-54(58-26-18-46(4)38-50(58)8)42-70(74)84(76(60)80(64)86)88(78(62)66)82(65)81/h9-42H,1-8H3. The first-order valence-corrected chi connectivity index (χ1v) is 31.4. The van der Waals surface area contributed by atoms with Crippen LogP contribution in [0.15, 0.2) is 206 Å². The van der Waals surface area contributed by atoms with Crippen LogP contribution in [0.3, 0.4) is 0 Å². The van der Waals surface area contributed by atoms with Crippen molar-refractivity contribution in [2.75, 3.05) is 0 Å². The normalized spacial score (nSPS) is 13.2. The minimum atomic E-state index is -0.133. The first kappa shape index (κ1) is 48.9. The van der Waals surface area contributed by atoms with E-state index < -0.39 is 0 Å². The molecular formula is C82H58B2N4. The van der Waals surface area contributed by atoms with Crippen LogP contribution >= 0.6 is 0 Å². The number of hydrogen-bond donors (Lipinski definition) is 0. The minimum absolute atomic E-state index is 0.133. The average Bonchev–Trinajstić information content (AvgIpc) is 1.47. The Labute approximate surface area is 511 Å². The number of benzene rings is 12. The zero-order valence-corrected chi connectivity index (χ0v) is 50.6. The zero-order chi connectivity index (χ0) is 58.6. The van der Waals surface area contributed by atoms with Crippen molar-refractivity contribution in [3.8, 4) is 78.1 Å². The summed E-state index contributed by atoms with van der Waals surface area (Å²) in [6, 6.07) is 81.2. The van der Waals surface area contributed by atoms with Crippen molar-refractivity contribution in [3.05, 3.63) is 251 Å². The zero-order valence-electron chi connectivity index (χ0n) is 50.6. The quantitative estimate of drug-likeness (QED) is 0.157. The van der Waals surface area contributed by atoms with Crippen LogP contribution in [0.2, 0.25) is 0 Å². The topological polar surface area (TPSA) is 19.7 Å². The maximum atomic E-state index is 2.84. The summed E-state index contributed by atoms with van der Waals surface area (Å²) in [5.74, 6) is 0.